The molecule has 1 nitrogen and oxygen atoms in total. The van der Waals surface area contributed by atoms with Crippen LogP contribution < -0.4 is 0 Å². The molecule has 1 fully saturated rings. The van der Waals surface area contributed by atoms with Crippen molar-refractivity contribution in [2.45, 2.75) is 26.9 Å². The molecule has 1 aliphatic rings. The molecule has 0 aromatic heterocycles. The van der Waals surface area contributed by atoms with E-state index in [2.05, 4.69) is 33.9 Å². The molecule has 1 aliphatic heterocycles. The van der Waals surface area contributed by atoms with Gasteiger partial charge in [-0.3, -0.25) is 0 Å². The molecule has 1 rings (SSSR count). The third-order valence-corrected chi connectivity index (χ3v) is 1.98. The van der Waals surface area contributed by atoms with Gasteiger partial charge in [0.05, 0.1) is 12.7 Å². The first-order valence-electron chi connectivity index (χ1n) is 3.91. The molecule has 1 heterocycles. The molecular formula is C10H16O. The molecular weight excluding hydrogens is 136 g/mol. The minimum atomic E-state index is 0.149. The zero-order valence-corrected chi connectivity index (χ0v) is 7.61. The molecule has 1 atom stereocenters. The number of ether oxygens (including phenoxy) is 1. The first-order chi connectivity index (χ1) is 4.93. The molecule has 0 N–H and O–H groups in total. The SMILES string of the molecule is C=C1COC(C(C)(C)C)C1=C. The van der Waals surface area contributed by atoms with E-state index in [-0.39, 0.29) is 11.5 Å². The first kappa shape index (κ1) is 8.54. The summed E-state index contributed by atoms with van der Waals surface area (Å²) < 4.78 is 5.54. The van der Waals surface area contributed by atoms with E-state index in [4.69, 9.17) is 4.74 Å². The van der Waals surface area contributed by atoms with Gasteiger partial charge in [-0.1, -0.05) is 33.9 Å². The molecule has 0 bridgehead atoms. The van der Waals surface area contributed by atoms with Crippen molar-refractivity contribution < 1.29 is 4.74 Å². The lowest BCUT2D eigenvalue weighted by Crippen LogP contribution is -2.26. The van der Waals surface area contributed by atoms with Gasteiger partial charge in [0.1, 0.15) is 0 Å². The summed E-state index contributed by atoms with van der Waals surface area (Å²) in [6, 6.07) is 0. The van der Waals surface area contributed by atoms with Gasteiger partial charge >= 0.3 is 0 Å². The van der Waals surface area contributed by atoms with Gasteiger partial charge in [0, 0.05) is 0 Å². The fourth-order valence-electron chi connectivity index (χ4n) is 1.34. The molecule has 0 amide bonds. The average molecular weight is 152 g/mol. The minimum Gasteiger partial charge on any atom is -0.368 e. The topological polar surface area (TPSA) is 9.23 Å². The molecule has 0 saturated carbocycles. The van der Waals surface area contributed by atoms with Crippen LogP contribution in [0, 0.1) is 5.41 Å². The van der Waals surface area contributed by atoms with Crippen molar-refractivity contribution in [1.82, 2.24) is 0 Å². The van der Waals surface area contributed by atoms with Crippen molar-refractivity contribution in [2.24, 2.45) is 5.41 Å². The lowest BCUT2D eigenvalue weighted by molar-refractivity contribution is 0.0483. The predicted octanol–water partition coefficient (Wildman–Crippen LogP) is 2.54. The van der Waals surface area contributed by atoms with Crippen molar-refractivity contribution in [2.75, 3.05) is 6.61 Å². The molecule has 0 radical (unpaired) electrons. The maximum absolute atomic E-state index is 5.54. The van der Waals surface area contributed by atoms with Crippen molar-refractivity contribution in [1.29, 1.82) is 0 Å². The van der Waals surface area contributed by atoms with Crippen molar-refractivity contribution in [3.8, 4) is 0 Å². The maximum atomic E-state index is 5.54. The van der Waals surface area contributed by atoms with Gasteiger partial charge < -0.3 is 4.74 Å². The van der Waals surface area contributed by atoms with E-state index >= 15 is 0 Å². The molecule has 11 heavy (non-hydrogen) atoms. The van der Waals surface area contributed by atoms with Gasteiger partial charge in [-0.15, -0.1) is 0 Å². The molecule has 1 heteroatoms. The third-order valence-electron chi connectivity index (χ3n) is 1.98. The van der Waals surface area contributed by atoms with E-state index in [0.717, 1.165) is 11.1 Å². The van der Waals surface area contributed by atoms with E-state index in [9.17, 15) is 0 Å². The Bertz CT molecular complexity index is 195. The van der Waals surface area contributed by atoms with Gasteiger partial charge in [-0.05, 0) is 16.6 Å². The second-order valence-corrected chi connectivity index (χ2v) is 4.19. The summed E-state index contributed by atoms with van der Waals surface area (Å²) in [5.74, 6) is 0. The van der Waals surface area contributed by atoms with E-state index in [0.29, 0.717) is 6.61 Å². The van der Waals surface area contributed by atoms with Gasteiger partial charge in [0.25, 0.3) is 0 Å². The second-order valence-electron chi connectivity index (χ2n) is 4.19. The van der Waals surface area contributed by atoms with Crippen LogP contribution in [0.15, 0.2) is 24.3 Å². The normalized spacial score (nSPS) is 26.3. The van der Waals surface area contributed by atoms with E-state index in [1.807, 2.05) is 0 Å². The van der Waals surface area contributed by atoms with Crippen LogP contribution in [0.1, 0.15) is 20.8 Å². The van der Waals surface area contributed by atoms with Crippen LogP contribution >= 0.6 is 0 Å². The van der Waals surface area contributed by atoms with Crippen LogP contribution in [-0.4, -0.2) is 12.7 Å². The summed E-state index contributed by atoms with van der Waals surface area (Å²) >= 11 is 0. The summed E-state index contributed by atoms with van der Waals surface area (Å²) in [6.07, 6.45) is 0.162. The molecule has 62 valence electrons. The minimum absolute atomic E-state index is 0.149. The highest BCUT2D eigenvalue weighted by molar-refractivity contribution is 5.34. The summed E-state index contributed by atoms with van der Waals surface area (Å²) in [7, 11) is 0. The van der Waals surface area contributed by atoms with Crippen LogP contribution in [0.25, 0.3) is 0 Å². The van der Waals surface area contributed by atoms with Crippen LogP contribution in [0.3, 0.4) is 0 Å². The Morgan fingerprint density at radius 2 is 1.91 bits per heavy atom. The number of hydrogen-bond donors (Lipinski definition) is 0. The first-order valence-corrected chi connectivity index (χ1v) is 3.91. The Morgan fingerprint density at radius 3 is 2.09 bits per heavy atom. The van der Waals surface area contributed by atoms with Gasteiger partial charge in [0.2, 0.25) is 0 Å². The van der Waals surface area contributed by atoms with E-state index in [1.165, 1.54) is 0 Å². The molecule has 0 aromatic rings. The monoisotopic (exact) mass is 152 g/mol. The van der Waals surface area contributed by atoms with Crippen LogP contribution in [-0.2, 0) is 4.74 Å². The number of hydrogen-bond acceptors (Lipinski definition) is 1. The molecule has 0 spiro atoms. The standard InChI is InChI=1S/C10H16O/c1-7-6-11-9(8(7)2)10(3,4)5/h9H,1-2,6H2,3-5H3. The van der Waals surface area contributed by atoms with Crippen molar-refractivity contribution in [3.05, 3.63) is 24.3 Å². The highest BCUT2D eigenvalue weighted by Crippen LogP contribution is 2.35. The zero-order chi connectivity index (χ0) is 8.65. The fourth-order valence-corrected chi connectivity index (χ4v) is 1.34. The largest absolute Gasteiger partial charge is 0.368 e. The van der Waals surface area contributed by atoms with Gasteiger partial charge in [-0.2, -0.15) is 0 Å². The summed E-state index contributed by atoms with van der Waals surface area (Å²) in [6.45, 7) is 14.9. The summed E-state index contributed by atoms with van der Waals surface area (Å²) in [5.41, 5.74) is 2.26. The van der Waals surface area contributed by atoms with Crippen molar-refractivity contribution in [3.63, 3.8) is 0 Å². The maximum Gasteiger partial charge on any atom is 0.0875 e. The summed E-state index contributed by atoms with van der Waals surface area (Å²) in [5, 5.41) is 0. The molecule has 0 aromatic carbocycles. The molecule has 0 aliphatic carbocycles. The Morgan fingerprint density at radius 1 is 1.36 bits per heavy atom. The van der Waals surface area contributed by atoms with Crippen LogP contribution in [0.5, 0.6) is 0 Å². The van der Waals surface area contributed by atoms with Gasteiger partial charge in [-0.25, -0.2) is 0 Å². The smallest absolute Gasteiger partial charge is 0.0875 e. The molecule has 1 saturated heterocycles. The van der Waals surface area contributed by atoms with E-state index in [1.54, 1.807) is 0 Å². The van der Waals surface area contributed by atoms with Crippen LogP contribution in [0.4, 0.5) is 0 Å². The lowest BCUT2D eigenvalue weighted by atomic mass is 9.84. The predicted molar refractivity (Wildman–Crippen MR) is 47.5 cm³/mol. The Kier molecular flexibility index (Phi) is 1.93. The highest BCUT2D eigenvalue weighted by atomic mass is 16.5. The number of rotatable bonds is 0. The Labute approximate surface area is 68.8 Å². The quantitative estimate of drug-likeness (QED) is 0.518. The second kappa shape index (κ2) is 2.49. The van der Waals surface area contributed by atoms with E-state index < -0.39 is 0 Å². The van der Waals surface area contributed by atoms with Crippen molar-refractivity contribution >= 4 is 0 Å². The zero-order valence-electron chi connectivity index (χ0n) is 7.61. The van der Waals surface area contributed by atoms with Crippen LogP contribution in [0.2, 0.25) is 0 Å². The fraction of sp³-hybridized carbons (Fsp3) is 0.600. The summed E-state index contributed by atoms with van der Waals surface area (Å²) in [4.78, 5) is 0. The lowest BCUT2D eigenvalue weighted by Gasteiger charge is -2.26. The average Bonchev–Trinajstić information content (AvgIpc) is 2.11. The third kappa shape index (κ3) is 1.54. The Balaban J connectivity index is 2.78. The Hall–Kier alpha value is -0.560. The van der Waals surface area contributed by atoms with Gasteiger partial charge in [0.15, 0.2) is 0 Å². The molecule has 1 unspecified atom stereocenters. The highest BCUT2D eigenvalue weighted by Gasteiger charge is 2.33.